The molecule has 0 saturated heterocycles. The molecule has 0 aliphatic carbocycles. The molecule has 3 rings (SSSR count). The van der Waals surface area contributed by atoms with Crippen molar-refractivity contribution in [2.24, 2.45) is 5.73 Å². The monoisotopic (exact) mass is 408 g/mol. The number of amides is 2. The van der Waals surface area contributed by atoms with E-state index in [1.54, 1.807) is 18.2 Å². The van der Waals surface area contributed by atoms with Crippen LogP contribution in [0.1, 0.15) is 20.7 Å². The molecule has 0 aromatic heterocycles. The van der Waals surface area contributed by atoms with Crippen molar-refractivity contribution in [3.63, 3.8) is 0 Å². The summed E-state index contributed by atoms with van der Waals surface area (Å²) < 4.78 is 24.3. The Morgan fingerprint density at radius 1 is 0.933 bits per heavy atom. The number of esters is 1. The van der Waals surface area contributed by atoms with Crippen molar-refractivity contribution >= 4 is 23.5 Å². The van der Waals surface area contributed by atoms with E-state index in [4.69, 9.17) is 15.2 Å². The first kappa shape index (κ1) is 20.5. The van der Waals surface area contributed by atoms with Crippen LogP contribution in [0.4, 0.5) is 10.1 Å². The number of hydrogen-bond acceptors (Lipinski definition) is 5. The maximum absolute atomic E-state index is 13.6. The normalized spacial score (nSPS) is 10.2. The summed E-state index contributed by atoms with van der Waals surface area (Å²) in [6.45, 7) is -0.449. The molecule has 152 valence electrons. The molecular weight excluding hydrogens is 391 g/mol. The zero-order chi connectivity index (χ0) is 21.5. The molecule has 0 unspecified atom stereocenters. The lowest BCUT2D eigenvalue weighted by Gasteiger charge is -2.12. The average molecular weight is 408 g/mol. The van der Waals surface area contributed by atoms with E-state index in [0.29, 0.717) is 0 Å². The van der Waals surface area contributed by atoms with Crippen LogP contribution < -0.4 is 20.5 Å². The second-order valence-electron chi connectivity index (χ2n) is 6.09. The van der Waals surface area contributed by atoms with Gasteiger partial charge in [0.25, 0.3) is 5.91 Å². The van der Waals surface area contributed by atoms with Crippen molar-refractivity contribution in [3.8, 4) is 11.5 Å². The van der Waals surface area contributed by atoms with Crippen molar-refractivity contribution in [1.29, 1.82) is 0 Å². The van der Waals surface area contributed by atoms with Crippen LogP contribution in [-0.2, 0) is 4.79 Å². The minimum atomic E-state index is -0.748. The summed E-state index contributed by atoms with van der Waals surface area (Å²) in [4.78, 5) is 35.8. The Labute approximate surface area is 171 Å². The molecular formula is C22H17FN2O5. The first-order valence-electron chi connectivity index (χ1n) is 8.82. The fourth-order valence-corrected chi connectivity index (χ4v) is 2.53. The third kappa shape index (κ3) is 5.20. The summed E-state index contributed by atoms with van der Waals surface area (Å²) >= 11 is 0. The number of halogens is 1. The van der Waals surface area contributed by atoms with Gasteiger partial charge in [0.2, 0.25) is 5.91 Å². The van der Waals surface area contributed by atoms with Crippen molar-refractivity contribution in [2.75, 3.05) is 11.9 Å². The van der Waals surface area contributed by atoms with E-state index in [1.807, 2.05) is 0 Å². The van der Waals surface area contributed by atoms with Crippen LogP contribution in [0, 0.1) is 5.82 Å². The summed E-state index contributed by atoms with van der Waals surface area (Å²) in [6.07, 6.45) is 0. The molecule has 0 heterocycles. The Hall–Kier alpha value is -4.20. The van der Waals surface area contributed by atoms with E-state index in [0.717, 1.165) is 0 Å². The van der Waals surface area contributed by atoms with E-state index in [1.165, 1.54) is 54.6 Å². The third-order valence-electron chi connectivity index (χ3n) is 3.94. The number of nitrogens with one attached hydrogen (secondary N) is 1. The molecule has 3 aromatic rings. The highest BCUT2D eigenvalue weighted by Crippen LogP contribution is 2.22. The minimum Gasteiger partial charge on any atom is -0.483 e. The standard InChI is InChI=1S/C22H17FN2O5/c23-17-9-2-3-10-18(17)25-20(26)13-29-19-11-4-1-8-16(19)22(28)30-15-7-5-6-14(12-15)21(24)27/h1-12H,13H2,(H2,24,27)(H,25,26). The first-order chi connectivity index (χ1) is 14.4. The molecule has 7 nitrogen and oxygen atoms in total. The molecule has 2 amide bonds. The maximum Gasteiger partial charge on any atom is 0.347 e. The molecule has 0 aliphatic rings. The van der Waals surface area contributed by atoms with Gasteiger partial charge in [0.05, 0.1) is 5.69 Å². The van der Waals surface area contributed by atoms with Gasteiger partial charge in [-0.15, -0.1) is 0 Å². The van der Waals surface area contributed by atoms with Crippen molar-refractivity contribution in [1.82, 2.24) is 0 Å². The highest BCUT2D eigenvalue weighted by molar-refractivity contribution is 5.96. The number of nitrogens with two attached hydrogens (primary N) is 1. The van der Waals surface area contributed by atoms with Gasteiger partial charge in [-0.3, -0.25) is 9.59 Å². The van der Waals surface area contributed by atoms with E-state index in [9.17, 15) is 18.8 Å². The van der Waals surface area contributed by atoms with Crippen LogP contribution in [-0.4, -0.2) is 24.4 Å². The molecule has 0 saturated carbocycles. The molecule has 3 aromatic carbocycles. The number of ether oxygens (including phenoxy) is 2. The number of primary amides is 1. The quantitative estimate of drug-likeness (QED) is 0.461. The SMILES string of the molecule is NC(=O)c1cccc(OC(=O)c2ccccc2OCC(=O)Nc2ccccc2F)c1. The second kappa shape index (κ2) is 9.33. The Balaban J connectivity index is 1.67. The van der Waals surface area contributed by atoms with Gasteiger partial charge in [0.1, 0.15) is 22.9 Å². The zero-order valence-corrected chi connectivity index (χ0v) is 15.6. The van der Waals surface area contributed by atoms with Crippen LogP contribution in [0.15, 0.2) is 72.8 Å². The van der Waals surface area contributed by atoms with E-state index in [2.05, 4.69) is 5.32 Å². The summed E-state index contributed by atoms with van der Waals surface area (Å²) in [7, 11) is 0. The molecule has 0 atom stereocenters. The van der Waals surface area contributed by atoms with Crippen LogP contribution in [0.5, 0.6) is 11.5 Å². The van der Waals surface area contributed by atoms with Gasteiger partial charge in [-0.25, -0.2) is 9.18 Å². The van der Waals surface area contributed by atoms with Crippen molar-refractivity contribution < 1.29 is 28.2 Å². The minimum absolute atomic E-state index is 0.0214. The molecule has 0 aliphatic heterocycles. The lowest BCUT2D eigenvalue weighted by Crippen LogP contribution is -2.22. The third-order valence-corrected chi connectivity index (χ3v) is 3.94. The van der Waals surface area contributed by atoms with Crippen LogP contribution in [0.25, 0.3) is 0 Å². The predicted molar refractivity (Wildman–Crippen MR) is 107 cm³/mol. The summed E-state index contributed by atoms with van der Waals surface area (Å²) in [6, 6.07) is 17.7. The maximum atomic E-state index is 13.6. The summed E-state index contributed by atoms with van der Waals surface area (Å²) in [5.74, 6) is -2.34. The molecule has 0 bridgehead atoms. The van der Waals surface area contributed by atoms with E-state index in [-0.39, 0.29) is 28.3 Å². The number of carbonyl (C=O) groups is 3. The van der Waals surface area contributed by atoms with Gasteiger partial charge in [-0.1, -0.05) is 30.3 Å². The average Bonchev–Trinajstić information content (AvgIpc) is 2.74. The number of hydrogen-bond donors (Lipinski definition) is 2. The van der Waals surface area contributed by atoms with Crippen LogP contribution >= 0.6 is 0 Å². The van der Waals surface area contributed by atoms with Gasteiger partial charge < -0.3 is 20.5 Å². The fourth-order valence-electron chi connectivity index (χ4n) is 2.53. The van der Waals surface area contributed by atoms with E-state index < -0.39 is 30.2 Å². The predicted octanol–water partition coefficient (Wildman–Crippen LogP) is 3.16. The van der Waals surface area contributed by atoms with Crippen LogP contribution in [0.2, 0.25) is 0 Å². The van der Waals surface area contributed by atoms with Crippen molar-refractivity contribution in [2.45, 2.75) is 0 Å². The molecule has 0 spiro atoms. The topological polar surface area (TPSA) is 108 Å². The largest absolute Gasteiger partial charge is 0.483 e. The van der Waals surface area contributed by atoms with Gasteiger partial charge >= 0.3 is 5.97 Å². The van der Waals surface area contributed by atoms with Crippen molar-refractivity contribution in [3.05, 3.63) is 89.7 Å². The lowest BCUT2D eigenvalue weighted by atomic mass is 10.2. The molecule has 0 fully saturated rings. The lowest BCUT2D eigenvalue weighted by molar-refractivity contribution is -0.118. The molecule has 3 N–H and O–H groups in total. The summed E-state index contributed by atoms with van der Waals surface area (Å²) in [5, 5.41) is 2.39. The highest BCUT2D eigenvalue weighted by Gasteiger charge is 2.16. The summed E-state index contributed by atoms with van der Waals surface area (Å²) in [5.41, 5.74) is 5.50. The molecule has 0 radical (unpaired) electrons. The highest BCUT2D eigenvalue weighted by atomic mass is 19.1. The second-order valence-corrected chi connectivity index (χ2v) is 6.09. The molecule has 30 heavy (non-hydrogen) atoms. The van der Waals surface area contributed by atoms with Gasteiger partial charge in [-0.05, 0) is 42.5 Å². The number of anilines is 1. The van der Waals surface area contributed by atoms with Gasteiger partial charge in [0.15, 0.2) is 6.61 Å². The fraction of sp³-hybridized carbons (Fsp3) is 0.0455. The first-order valence-corrected chi connectivity index (χ1v) is 8.82. The number of carbonyl (C=O) groups excluding carboxylic acids is 3. The Kier molecular flexibility index (Phi) is 6.39. The Morgan fingerprint density at radius 2 is 1.67 bits per heavy atom. The van der Waals surface area contributed by atoms with Gasteiger partial charge in [0, 0.05) is 5.56 Å². The van der Waals surface area contributed by atoms with Gasteiger partial charge in [-0.2, -0.15) is 0 Å². The van der Waals surface area contributed by atoms with Crippen LogP contribution in [0.3, 0.4) is 0 Å². The smallest absolute Gasteiger partial charge is 0.347 e. The number of benzene rings is 3. The van der Waals surface area contributed by atoms with E-state index >= 15 is 0 Å². The zero-order valence-electron chi connectivity index (χ0n) is 15.6. The Morgan fingerprint density at radius 3 is 2.43 bits per heavy atom. The number of rotatable bonds is 7. The Bertz CT molecular complexity index is 1100. The molecule has 8 heteroatoms. The number of para-hydroxylation sites is 2.